The van der Waals surface area contributed by atoms with Crippen LogP contribution in [-0.2, 0) is 4.79 Å². The van der Waals surface area contributed by atoms with Crippen molar-refractivity contribution in [2.75, 3.05) is 16.8 Å². The fourth-order valence-electron chi connectivity index (χ4n) is 1.40. The molecule has 0 saturated heterocycles. The smallest absolute Gasteiger partial charge is 0.239 e. The number of hydrogen-bond acceptors (Lipinski definition) is 3. The van der Waals surface area contributed by atoms with Gasteiger partial charge in [-0.05, 0) is 30.1 Å². The molecule has 5 heteroatoms. The highest BCUT2D eigenvalue weighted by Crippen LogP contribution is 2.15. The summed E-state index contributed by atoms with van der Waals surface area (Å²) in [6.45, 7) is 2.05. The molecule has 3 N–H and O–H groups in total. The molecule has 17 heavy (non-hydrogen) atoms. The molecule has 0 bridgehead atoms. The first-order valence-corrected chi connectivity index (χ1v) is 6.68. The molecule has 1 aromatic carbocycles. The number of halogens is 1. The van der Waals surface area contributed by atoms with Crippen molar-refractivity contribution in [2.45, 2.75) is 19.4 Å². The molecule has 1 unspecified atom stereocenters. The number of nitrogens with one attached hydrogen (secondary N) is 1. The van der Waals surface area contributed by atoms with Crippen LogP contribution in [0.2, 0.25) is 0 Å². The van der Waals surface area contributed by atoms with E-state index in [9.17, 15) is 9.18 Å². The fourth-order valence-corrected chi connectivity index (χ4v) is 2.09. The molecular formula is C12H17FN2OS. The van der Waals surface area contributed by atoms with Crippen molar-refractivity contribution in [3.63, 3.8) is 0 Å². The number of anilines is 1. The minimum absolute atomic E-state index is 0.317. The number of rotatable bonds is 7. The fraction of sp³-hybridized carbons (Fsp3) is 0.417. The van der Waals surface area contributed by atoms with Crippen molar-refractivity contribution in [3.8, 4) is 0 Å². The van der Waals surface area contributed by atoms with Crippen molar-refractivity contribution in [3.05, 3.63) is 30.1 Å². The van der Waals surface area contributed by atoms with Crippen LogP contribution in [-0.4, -0.2) is 23.5 Å². The number of carbonyl (C=O) groups excluding carboxylic acids is 1. The third-order valence-corrected chi connectivity index (χ3v) is 3.23. The van der Waals surface area contributed by atoms with Gasteiger partial charge in [0, 0.05) is 0 Å². The third-order valence-electron chi connectivity index (χ3n) is 2.30. The summed E-state index contributed by atoms with van der Waals surface area (Å²) in [7, 11) is 0. The zero-order valence-corrected chi connectivity index (χ0v) is 10.6. The molecule has 1 amide bonds. The molecule has 0 aromatic heterocycles. The Hall–Kier alpha value is -1.23. The Morgan fingerprint density at radius 3 is 2.82 bits per heavy atom. The maximum Gasteiger partial charge on any atom is 0.239 e. The first kappa shape index (κ1) is 13.8. The predicted molar refractivity (Wildman–Crippen MR) is 70.6 cm³/mol. The lowest BCUT2D eigenvalue weighted by molar-refractivity contribution is -0.118. The van der Waals surface area contributed by atoms with Crippen molar-refractivity contribution in [1.82, 2.24) is 0 Å². The van der Waals surface area contributed by atoms with Gasteiger partial charge in [0.15, 0.2) is 0 Å². The van der Waals surface area contributed by atoms with Gasteiger partial charge in [0.2, 0.25) is 5.91 Å². The molecule has 0 radical (unpaired) electrons. The van der Waals surface area contributed by atoms with Gasteiger partial charge in [0.25, 0.3) is 0 Å². The highest BCUT2D eigenvalue weighted by molar-refractivity contribution is 7.99. The maximum atomic E-state index is 13.4. The minimum Gasteiger partial charge on any atom is -0.371 e. The van der Waals surface area contributed by atoms with Crippen molar-refractivity contribution >= 4 is 23.4 Å². The van der Waals surface area contributed by atoms with Gasteiger partial charge in [0.05, 0.1) is 5.69 Å². The van der Waals surface area contributed by atoms with Gasteiger partial charge in [-0.15, -0.1) is 0 Å². The van der Waals surface area contributed by atoms with Crippen molar-refractivity contribution in [1.29, 1.82) is 0 Å². The number of thioether (sulfide) groups is 1. The van der Waals surface area contributed by atoms with Crippen LogP contribution in [0.5, 0.6) is 0 Å². The van der Waals surface area contributed by atoms with Crippen LogP contribution in [0.4, 0.5) is 10.1 Å². The largest absolute Gasteiger partial charge is 0.371 e. The van der Waals surface area contributed by atoms with Gasteiger partial charge in [-0.2, -0.15) is 11.8 Å². The lowest BCUT2D eigenvalue weighted by Gasteiger charge is -2.16. The molecule has 0 aliphatic carbocycles. The zero-order chi connectivity index (χ0) is 12.7. The van der Waals surface area contributed by atoms with Gasteiger partial charge in [-0.1, -0.05) is 19.1 Å². The maximum absolute atomic E-state index is 13.4. The van der Waals surface area contributed by atoms with Crippen LogP contribution in [0.25, 0.3) is 0 Å². The average molecular weight is 256 g/mol. The van der Waals surface area contributed by atoms with E-state index < -0.39 is 11.9 Å². The monoisotopic (exact) mass is 256 g/mol. The van der Waals surface area contributed by atoms with Gasteiger partial charge in [0.1, 0.15) is 11.9 Å². The van der Waals surface area contributed by atoms with E-state index in [1.807, 2.05) is 6.92 Å². The van der Waals surface area contributed by atoms with E-state index in [1.54, 1.807) is 30.0 Å². The van der Waals surface area contributed by atoms with Crippen LogP contribution < -0.4 is 11.1 Å². The highest BCUT2D eigenvalue weighted by Gasteiger charge is 2.15. The van der Waals surface area contributed by atoms with Crippen LogP contribution in [0.1, 0.15) is 13.3 Å². The molecular weight excluding hydrogens is 239 g/mol. The summed E-state index contributed by atoms with van der Waals surface area (Å²) in [6.07, 6.45) is 0.599. The Bertz CT molecular complexity index is 373. The van der Waals surface area contributed by atoms with E-state index in [0.29, 0.717) is 12.1 Å². The number of primary amides is 1. The van der Waals surface area contributed by atoms with E-state index >= 15 is 0 Å². The van der Waals surface area contributed by atoms with Gasteiger partial charge < -0.3 is 11.1 Å². The molecule has 94 valence electrons. The van der Waals surface area contributed by atoms with Gasteiger partial charge in [-0.3, -0.25) is 4.79 Å². The second-order valence-electron chi connectivity index (χ2n) is 3.56. The second kappa shape index (κ2) is 7.17. The summed E-state index contributed by atoms with van der Waals surface area (Å²) in [4.78, 5) is 11.2. The molecule has 0 fully saturated rings. The predicted octanol–water partition coefficient (Wildman–Crippen LogP) is 2.23. The zero-order valence-electron chi connectivity index (χ0n) is 9.78. The summed E-state index contributed by atoms with van der Waals surface area (Å²) in [6, 6.07) is 5.74. The number of amides is 1. The summed E-state index contributed by atoms with van der Waals surface area (Å²) < 4.78 is 13.4. The lowest BCUT2D eigenvalue weighted by atomic mass is 10.2. The van der Waals surface area contributed by atoms with Crippen LogP contribution in [0.15, 0.2) is 24.3 Å². The van der Waals surface area contributed by atoms with Crippen molar-refractivity contribution < 1.29 is 9.18 Å². The molecule has 0 aliphatic rings. The second-order valence-corrected chi connectivity index (χ2v) is 4.96. The first-order chi connectivity index (χ1) is 8.15. The molecule has 0 saturated carbocycles. The SMILES string of the molecule is CCSCCC(Nc1ccccc1F)C(N)=O. The molecule has 0 heterocycles. The molecule has 1 aromatic rings. The van der Waals surface area contributed by atoms with E-state index in [4.69, 9.17) is 5.73 Å². The first-order valence-electron chi connectivity index (χ1n) is 5.53. The summed E-state index contributed by atoms with van der Waals surface area (Å²) in [5.74, 6) is 0.989. The summed E-state index contributed by atoms with van der Waals surface area (Å²) in [5.41, 5.74) is 5.60. The minimum atomic E-state index is -0.522. The summed E-state index contributed by atoms with van der Waals surface area (Å²) >= 11 is 1.73. The molecule has 1 rings (SSSR count). The standard InChI is InChI=1S/C12H17FN2OS/c1-2-17-8-7-11(12(14)16)15-10-6-4-3-5-9(10)13/h3-6,11,15H,2,7-8H2,1H3,(H2,14,16). The highest BCUT2D eigenvalue weighted by atomic mass is 32.2. The molecule has 1 atom stereocenters. The lowest BCUT2D eigenvalue weighted by Crippen LogP contribution is -2.36. The van der Waals surface area contributed by atoms with Crippen LogP contribution in [0, 0.1) is 5.82 Å². The van der Waals surface area contributed by atoms with Gasteiger partial charge in [-0.25, -0.2) is 4.39 Å². The van der Waals surface area contributed by atoms with E-state index in [2.05, 4.69) is 5.32 Å². The summed E-state index contributed by atoms with van der Waals surface area (Å²) in [5, 5.41) is 2.84. The molecule has 0 spiro atoms. The Morgan fingerprint density at radius 2 is 2.24 bits per heavy atom. The Kier molecular flexibility index (Phi) is 5.83. The quantitative estimate of drug-likeness (QED) is 0.736. The topological polar surface area (TPSA) is 55.1 Å². The number of para-hydroxylation sites is 1. The number of hydrogen-bond donors (Lipinski definition) is 2. The Labute approximate surface area is 105 Å². The third kappa shape index (κ3) is 4.65. The van der Waals surface area contributed by atoms with E-state index in [0.717, 1.165) is 11.5 Å². The Morgan fingerprint density at radius 1 is 1.53 bits per heavy atom. The number of benzene rings is 1. The molecule has 3 nitrogen and oxygen atoms in total. The van der Waals surface area contributed by atoms with E-state index in [-0.39, 0.29) is 5.82 Å². The van der Waals surface area contributed by atoms with E-state index in [1.165, 1.54) is 6.07 Å². The Balaban J connectivity index is 2.61. The normalized spacial score (nSPS) is 12.1. The van der Waals surface area contributed by atoms with Gasteiger partial charge >= 0.3 is 0 Å². The average Bonchev–Trinajstić information content (AvgIpc) is 2.30. The van der Waals surface area contributed by atoms with Crippen LogP contribution in [0.3, 0.4) is 0 Å². The number of nitrogens with two attached hydrogens (primary N) is 1. The number of carbonyl (C=O) groups is 1. The van der Waals surface area contributed by atoms with Crippen molar-refractivity contribution in [2.24, 2.45) is 5.73 Å². The molecule has 0 aliphatic heterocycles. The van der Waals surface area contributed by atoms with Crippen LogP contribution >= 0.6 is 11.8 Å².